The molecular weight excluding hydrogens is 314 g/mol. The molecule has 1 saturated carbocycles. The molecule has 2 aromatic carbocycles. The standard InChI is InChI=1S/C17H18BrNO/c18-12-17(9-3-4-10-17)19-16(20)15-8-7-13-5-1-2-6-14(13)11-15/h1-2,5-8,11H,3-4,9-10,12H2,(H,19,20). The van der Waals surface area contributed by atoms with Gasteiger partial charge < -0.3 is 5.32 Å². The van der Waals surface area contributed by atoms with E-state index < -0.39 is 0 Å². The van der Waals surface area contributed by atoms with Gasteiger partial charge in [0, 0.05) is 10.9 Å². The second kappa shape index (κ2) is 5.57. The fourth-order valence-electron chi connectivity index (χ4n) is 2.99. The van der Waals surface area contributed by atoms with Crippen LogP contribution in [0.3, 0.4) is 0 Å². The normalized spacial score (nSPS) is 17.2. The second-order valence-corrected chi connectivity index (χ2v) is 6.20. The van der Waals surface area contributed by atoms with Gasteiger partial charge in [-0.25, -0.2) is 0 Å². The first kappa shape index (κ1) is 13.6. The lowest BCUT2D eigenvalue weighted by molar-refractivity contribution is 0.0910. The number of fused-ring (bicyclic) bond motifs is 1. The van der Waals surface area contributed by atoms with Crippen LogP contribution in [0.1, 0.15) is 36.0 Å². The average Bonchev–Trinajstić information content (AvgIpc) is 2.96. The first-order valence-corrected chi connectivity index (χ1v) is 8.22. The summed E-state index contributed by atoms with van der Waals surface area (Å²) in [5.41, 5.74) is 0.693. The van der Waals surface area contributed by atoms with Crippen molar-refractivity contribution in [2.75, 3.05) is 5.33 Å². The molecule has 0 aromatic heterocycles. The van der Waals surface area contributed by atoms with Crippen molar-refractivity contribution >= 4 is 32.6 Å². The van der Waals surface area contributed by atoms with E-state index in [4.69, 9.17) is 0 Å². The molecule has 104 valence electrons. The van der Waals surface area contributed by atoms with Gasteiger partial charge in [-0.2, -0.15) is 0 Å². The minimum Gasteiger partial charge on any atom is -0.346 e. The number of rotatable bonds is 3. The monoisotopic (exact) mass is 331 g/mol. The van der Waals surface area contributed by atoms with Crippen LogP contribution in [0.5, 0.6) is 0 Å². The summed E-state index contributed by atoms with van der Waals surface area (Å²) in [7, 11) is 0. The summed E-state index contributed by atoms with van der Waals surface area (Å²) in [6.45, 7) is 0. The van der Waals surface area contributed by atoms with Crippen molar-refractivity contribution in [3.63, 3.8) is 0 Å². The number of hydrogen-bond donors (Lipinski definition) is 1. The van der Waals surface area contributed by atoms with Crippen LogP contribution in [0.25, 0.3) is 10.8 Å². The van der Waals surface area contributed by atoms with Gasteiger partial charge in [-0.05, 0) is 35.7 Å². The number of alkyl halides is 1. The molecule has 0 unspecified atom stereocenters. The Morgan fingerprint density at radius 2 is 1.80 bits per heavy atom. The van der Waals surface area contributed by atoms with Gasteiger partial charge in [0.1, 0.15) is 0 Å². The Morgan fingerprint density at radius 3 is 2.50 bits per heavy atom. The Morgan fingerprint density at radius 1 is 1.10 bits per heavy atom. The first-order valence-electron chi connectivity index (χ1n) is 7.10. The molecule has 0 radical (unpaired) electrons. The third-order valence-electron chi connectivity index (χ3n) is 4.21. The second-order valence-electron chi connectivity index (χ2n) is 5.64. The number of carbonyl (C=O) groups is 1. The number of hydrogen-bond acceptors (Lipinski definition) is 1. The molecule has 1 fully saturated rings. The Balaban J connectivity index is 1.85. The lowest BCUT2D eigenvalue weighted by atomic mass is 9.99. The maximum absolute atomic E-state index is 12.5. The number of benzene rings is 2. The predicted molar refractivity (Wildman–Crippen MR) is 86.4 cm³/mol. The lowest BCUT2D eigenvalue weighted by Crippen LogP contribution is -2.47. The van der Waals surface area contributed by atoms with Gasteiger partial charge in [-0.3, -0.25) is 4.79 Å². The van der Waals surface area contributed by atoms with Crippen LogP contribution in [-0.2, 0) is 0 Å². The minimum absolute atomic E-state index is 0.0390. The summed E-state index contributed by atoms with van der Waals surface area (Å²) in [6.07, 6.45) is 4.53. The summed E-state index contributed by atoms with van der Waals surface area (Å²) >= 11 is 3.56. The summed E-state index contributed by atoms with van der Waals surface area (Å²) in [4.78, 5) is 12.5. The van der Waals surface area contributed by atoms with E-state index in [0.29, 0.717) is 0 Å². The average molecular weight is 332 g/mol. The molecular formula is C17H18BrNO. The van der Waals surface area contributed by atoms with Gasteiger partial charge in [-0.1, -0.05) is 59.1 Å². The fourth-order valence-corrected chi connectivity index (χ4v) is 3.69. The number of nitrogens with one attached hydrogen (secondary N) is 1. The third kappa shape index (κ3) is 2.59. The Hall–Kier alpha value is -1.35. The van der Waals surface area contributed by atoms with Gasteiger partial charge in [0.25, 0.3) is 5.91 Å². The van der Waals surface area contributed by atoms with E-state index in [9.17, 15) is 4.79 Å². The number of amides is 1. The van der Waals surface area contributed by atoms with Crippen LogP contribution in [0.2, 0.25) is 0 Å². The number of carbonyl (C=O) groups excluding carboxylic acids is 1. The van der Waals surface area contributed by atoms with Gasteiger partial charge >= 0.3 is 0 Å². The quantitative estimate of drug-likeness (QED) is 0.835. The molecule has 2 aromatic rings. The highest BCUT2D eigenvalue weighted by Crippen LogP contribution is 2.31. The molecule has 0 bridgehead atoms. The van der Waals surface area contributed by atoms with E-state index >= 15 is 0 Å². The molecule has 1 amide bonds. The fraction of sp³-hybridized carbons (Fsp3) is 0.353. The van der Waals surface area contributed by atoms with Crippen LogP contribution in [-0.4, -0.2) is 16.8 Å². The van der Waals surface area contributed by atoms with Crippen LogP contribution in [0.15, 0.2) is 42.5 Å². The van der Waals surface area contributed by atoms with Crippen molar-refractivity contribution in [3.05, 3.63) is 48.0 Å². The Bertz CT molecular complexity index is 632. The van der Waals surface area contributed by atoms with Crippen LogP contribution in [0, 0.1) is 0 Å². The van der Waals surface area contributed by atoms with E-state index in [1.807, 2.05) is 36.4 Å². The molecule has 0 heterocycles. The van der Waals surface area contributed by atoms with Crippen LogP contribution < -0.4 is 5.32 Å². The summed E-state index contributed by atoms with van der Waals surface area (Å²) in [5.74, 6) is 0.0390. The maximum Gasteiger partial charge on any atom is 0.251 e. The van der Waals surface area contributed by atoms with Crippen LogP contribution in [0.4, 0.5) is 0 Å². The van der Waals surface area contributed by atoms with E-state index in [2.05, 4.69) is 27.3 Å². The summed E-state index contributed by atoms with van der Waals surface area (Å²) in [5, 5.41) is 6.35. The minimum atomic E-state index is -0.0528. The van der Waals surface area contributed by atoms with Crippen molar-refractivity contribution < 1.29 is 4.79 Å². The molecule has 3 rings (SSSR count). The van der Waals surface area contributed by atoms with Crippen molar-refractivity contribution in [2.24, 2.45) is 0 Å². The van der Waals surface area contributed by atoms with Gasteiger partial charge in [0.05, 0.1) is 5.54 Å². The highest BCUT2D eigenvalue weighted by molar-refractivity contribution is 9.09. The zero-order valence-electron chi connectivity index (χ0n) is 11.4. The van der Waals surface area contributed by atoms with E-state index in [-0.39, 0.29) is 11.4 Å². The molecule has 1 N–H and O–H groups in total. The third-order valence-corrected chi connectivity index (χ3v) is 5.28. The zero-order chi connectivity index (χ0) is 14.0. The molecule has 1 aliphatic rings. The SMILES string of the molecule is O=C(NC1(CBr)CCCC1)c1ccc2ccccc2c1. The van der Waals surface area contributed by atoms with Crippen molar-refractivity contribution in [1.29, 1.82) is 0 Å². The molecule has 0 spiro atoms. The Labute approximate surface area is 127 Å². The van der Waals surface area contributed by atoms with Gasteiger partial charge in [-0.15, -0.1) is 0 Å². The smallest absolute Gasteiger partial charge is 0.251 e. The summed E-state index contributed by atoms with van der Waals surface area (Å²) < 4.78 is 0. The molecule has 2 nitrogen and oxygen atoms in total. The molecule has 0 saturated heterocycles. The number of halogens is 1. The van der Waals surface area contributed by atoms with Gasteiger partial charge in [0.15, 0.2) is 0 Å². The highest BCUT2D eigenvalue weighted by Gasteiger charge is 2.34. The van der Waals surface area contributed by atoms with E-state index in [1.54, 1.807) is 0 Å². The lowest BCUT2D eigenvalue weighted by Gasteiger charge is -2.28. The molecule has 0 atom stereocenters. The predicted octanol–water partition coefficient (Wildman–Crippen LogP) is 4.28. The largest absolute Gasteiger partial charge is 0.346 e. The van der Waals surface area contributed by atoms with Crippen molar-refractivity contribution in [1.82, 2.24) is 5.32 Å². The van der Waals surface area contributed by atoms with Crippen molar-refractivity contribution in [2.45, 2.75) is 31.2 Å². The topological polar surface area (TPSA) is 29.1 Å². The molecule has 1 aliphatic carbocycles. The van der Waals surface area contributed by atoms with E-state index in [1.165, 1.54) is 18.2 Å². The first-order chi connectivity index (χ1) is 9.72. The maximum atomic E-state index is 12.5. The molecule has 3 heteroatoms. The molecule has 20 heavy (non-hydrogen) atoms. The summed E-state index contributed by atoms with van der Waals surface area (Å²) in [6, 6.07) is 14.0. The zero-order valence-corrected chi connectivity index (χ0v) is 12.9. The van der Waals surface area contributed by atoms with Crippen LogP contribution >= 0.6 is 15.9 Å². The highest BCUT2D eigenvalue weighted by atomic mass is 79.9. The van der Waals surface area contributed by atoms with Crippen molar-refractivity contribution in [3.8, 4) is 0 Å². The molecule has 0 aliphatic heterocycles. The Kier molecular flexibility index (Phi) is 3.79. The van der Waals surface area contributed by atoms with E-state index in [0.717, 1.165) is 29.1 Å². The van der Waals surface area contributed by atoms with Gasteiger partial charge in [0.2, 0.25) is 0 Å².